The minimum Gasteiger partial charge on any atom is -0.354 e. The van der Waals surface area contributed by atoms with Crippen molar-refractivity contribution in [1.82, 2.24) is 4.98 Å². The molecule has 0 atom stereocenters. The maximum absolute atomic E-state index is 12.2. The number of hydrogen-bond donors (Lipinski definition) is 2. The minimum absolute atomic E-state index is 0.161. The second kappa shape index (κ2) is 6.96. The zero-order valence-electron chi connectivity index (χ0n) is 13.7. The van der Waals surface area contributed by atoms with Crippen LogP contribution in [0.25, 0.3) is 0 Å². The van der Waals surface area contributed by atoms with Crippen LogP contribution in [0, 0.1) is 13.8 Å². The molecule has 0 unspecified atom stereocenters. The summed E-state index contributed by atoms with van der Waals surface area (Å²) in [5.41, 5.74) is 4.75. The van der Waals surface area contributed by atoms with Gasteiger partial charge in [0.1, 0.15) is 5.82 Å². The van der Waals surface area contributed by atoms with E-state index in [1.54, 1.807) is 18.3 Å². The average molecular weight is 317 g/mol. The molecule has 4 heteroatoms. The topological polar surface area (TPSA) is 54.0 Å². The third kappa shape index (κ3) is 3.79. The highest BCUT2D eigenvalue weighted by atomic mass is 16.1. The Kier molecular flexibility index (Phi) is 4.57. The fraction of sp³-hybridized carbons (Fsp3) is 0.100. The monoisotopic (exact) mass is 317 g/mol. The molecule has 0 aliphatic rings. The molecule has 120 valence electrons. The predicted molar refractivity (Wildman–Crippen MR) is 97.8 cm³/mol. The van der Waals surface area contributed by atoms with E-state index in [0.29, 0.717) is 11.4 Å². The van der Waals surface area contributed by atoms with E-state index in [2.05, 4.69) is 15.6 Å². The number of carbonyl (C=O) groups is 1. The molecule has 0 fully saturated rings. The van der Waals surface area contributed by atoms with Crippen molar-refractivity contribution in [3.8, 4) is 0 Å². The summed E-state index contributed by atoms with van der Waals surface area (Å²) in [4.78, 5) is 16.5. The van der Waals surface area contributed by atoms with Gasteiger partial charge in [0.05, 0.1) is 11.9 Å². The fourth-order valence-corrected chi connectivity index (χ4v) is 2.39. The summed E-state index contributed by atoms with van der Waals surface area (Å²) in [6, 6.07) is 19.2. The number of pyridine rings is 1. The number of carbonyl (C=O) groups excluding carboxylic acids is 1. The van der Waals surface area contributed by atoms with Crippen LogP contribution < -0.4 is 10.6 Å². The summed E-state index contributed by atoms with van der Waals surface area (Å²) in [7, 11) is 0. The molecule has 24 heavy (non-hydrogen) atoms. The van der Waals surface area contributed by atoms with Gasteiger partial charge in [-0.05, 0) is 49.7 Å². The Hall–Kier alpha value is -3.14. The van der Waals surface area contributed by atoms with Gasteiger partial charge in [0.15, 0.2) is 0 Å². The molecule has 1 aromatic heterocycles. The van der Waals surface area contributed by atoms with Crippen LogP contribution in [0.15, 0.2) is 66.9 Å². The molecule has 0 spiro atoms. The number of benzene rings is 2. The third-order valence-electron chi connectivity index (χ3n) is 3.71. The second-order valence-electron chi connectivity index (χ2n) is 5.70. The first-order valence-corrected chi connectivity index (χ1v) is 7.78. The summed E-state index contributed by atoms with van der Waals surface area (Å²) < 4.78 is 0. The van der Waals surface area contributed by atoms with Gasteiger partial charge in [-0.3, -0.25) is 4.79 Å². The molecule has 0 bridgehead atoms. The number of rotatable bonds is 4. The van der Waals surface area contributed by atoms with Crippen LogP contribution in [-0.2, 0) is 0 Å². The first-order valence-electron chi connectivity index (χ1n) is 7.78. The number of para-hydroxylation sites is 1. The fourth-order valence-electron chi connectivity index (χ4n) is 2.39. The standard InChI is InChI=1S/C20H19N3O/c1-14-6-5-8-16(12-14)20(24)23-19-11-10-17(13-21-19)22-18-9-4-3-7-15(18)2/h3-13,22H,1-2H3,(H,21,23,24). The van der Waals surface area contributed by atoms with Crippen molar-refractivity contribution < 1.29 is 4.79 Å². The van der Waals surface area contributed by atoms with Crippen molar-refractivity contribution in [3.63, 3.8) is 0 Å². The van der Waals surface area contributed by atoms with E-state index < -0.39 is 0 Å². The van der Waals surface area contributed by atoms with Gasteiger partial charge in [0.2, 0.25) is 0 Å². The van der Waals surface area contributed by atoms with Gasteiger partial charge in [-0.2, -0.15) is 0 Å². The van der Waals surface area contributed by atoms with Crippen LogP contribution in [0.5, 0.6) is 0 Å². The normalized spacial score (nSPS) is 10.2. The lowest BCUT2D eigenvalue weighted by molar-refractivity contribution is 0.102. The molecule has 0 aliphatic carbocycles. The van der Waals surface area contributed by atoms with Gasteiger partial charge in [0.25, 0.3) is 5.91 Å². The van der Waals surface area contributed by atoms with E-state index in [1.165, 1.54) is 0 Å². The molecular weight excluding hydrogens is 298 g/mol. The SMILES string of the molecule is Cc1cccc(C(=O)Nc2ccc(Nc3ccccc3C)cn2)c1. The number of amides is 1. The van der Waals surface area contributed by atoms with Gasteiger partial charge < -0.3 is 10.6 Å². The van der Waals surface area contributed by atoms with Gasteiger partial charge in [-0.25, -0.2) is 4.98 Å². The highest BCUT2D eigenvalue weighted by Gasteiger charge is 2.07. The zero-order valence-corrected chi connectivity index (χ0v) is 13.7. The van der Waals surface area contributed by atoms with E-state index in [0.717, 1.165) is 22.5 Å². The molecule has 2 aromatic carbocycles. The number of anilines is 3. The summed E-state index contributed by atoms with van der Waals surface area (Å²) in [5, 5.41) is 6.13. The first-order chi connectivity index (χ1) is 11.6. The Morgan fingerprint density at radius 1 is 0.958 bits per heavy atom. The molecule has 3 aromatic rings. The summed E-state index contributed by atoms with van der Waals surface area (Å²) >= 11 is 0. The molecule has 2 N–H and O–H groups in total. The van der Waals surface area contributed by atoms with Crippen molar-refractivity contribution in [2.75, 3.05) is 10.6 Å². The number of aromatic nitrogens is 1. The van der Waals surface area contributed by atoms with Crippen LogP contribution in [0.3, 0.4) is 0 Å². The van der Waals surface area contributed by atoms with Crippen molar-refractivity contribution in [1.29, 1.82) is 0 Å². The van der Waals surface area contributed by atoms with Crippen molar-refractivity contribution in [2.24, 2.45) is 0 Å². The summed E-state index contributed by atoms with van der Waals surface area (Å²) in [6.07, 6.45) is 1.71. The average Bonchev–Trinajstić information content (AvgIpc) is 2.58. The van der Waals surface area contributed by atoms with Gasteiger partial charge in [0, 0.05) is 11.3 Å². The first kappa shape index (κ1) is 15.7. The van der Waals surface area contributed by atoms with Crippen molar-refractivity contribution >= 4 is 23.1 Å². The Balaban J connectivity index is 1.68. The number of nitrogens with one attached hydrogen (secondary N) is 2. The Bertz CT molecular complexity index is 857. The van der Waals surface area contributed by atoms with E-state index in [1.807, 2.05) is 62.4 Å². The second-order valence-corrected chi connectivity index (χ2v) is 5.70. The predicted octanol–water partition coefficient (Wildman–Crippen LogP) is 4.69. The molecule has 1 amide bonds. The van der Waals surface area contributed by atoms with Crippen LogP contribution in [0.4, 0.5) is 17.2 Å². The van der Waals surface area contributed by atoms with E-state index in [-0.39, 0.29) is 5.91 Å². The zero-order chi connectivity index (χ0) is 16.9. The maximum Gasteiger partial charge on any atom is 0.256 e. The van der Waals surface area contributed by atoms with Gasteiger partial charge in [-0.1, -0.05) is 35.9 Å². The van der Waals surface area contributed by atoms with Crippen LogP contribution in [0.2, 0.25) is 0 Å². The number of aryl methyl sites for hydroxylation is 2. The van der Waals surface area contributed by atoms with E-state index in [4.69, 9.17) is 0 Å². The Labute approximate surface area is 141 Å². The molecule has 0 aliphatic heterocycles. The molecule has 0 saturated heterocycles. The highest BCUT2D eigenvalue weighted by Crippen LogP contribution is 2.20. The van der Waals surface area contributed by atoms with E-state index >= 15 is 0 Å². The summed E-state index contributed by atoms with van der Waals surface area (Å²) in [6.45, 7) is 4.01. The van der Waals surface area contributed by atoms with Gasteiger partial charge >= 0.3 is 0 Å². The lowest BCUT2D eigenvalue weighted by Gasteiger charge is -2.10. The molecular formula is C20H19N3O. The van der Waals surface area contributed by atoms with Crippen molar-refractivity contribution in [3.05, 3.63) is 83.6 Å². The molecule has 3 rings (SSSR count). The van der Waals surface area contributed by atoms with Crippen LogP contribution >= 0.6 is 0 Å². The molecule has 4 nitrogen and oxygen atoms in total. The van der Waals surface area contributed by atoms with Gasteiger partial charge in [-0.15, -0.1) is 0 Å². The summed E-state index contributed by atoms with van der Waals surface area (Å²) in [5.74, 6) is 0.364. The molecule has 0 saturated carbocycles. The highest BCUT2D eigenvalue weighted by molar-refractivity contribution is 6.03. The number of hydrogen-bond acceptors (Lipinski definition) is 3. The number of nitrogens with zero attached hydrogens (tertiary/aromatic N) is 1. The minimum atomic E-state index is -0.161. The Morgan fingerprint density at radius 2 is 1.79 bits per heavy atom. The van der Waals surface area contributed by atoms with Crippen molar-refractivity contribution in [2.45, 2.75) is 13.8 Å². The van der Waals surface area contributed by atoms with E-state index in [9.17, 15) is 4.79 Å². The molecule has 0 radical (unpaired) electrons. The van der Waals surface area contributed by atoms with Crippen LogP contribution in [0.1, 0.15) is 21.5 Å². The molecule has 1 heterocycles. The largest absolute Gasteiger partial charge is 0.354 e. The Morgan fingerprint density at radius 3 is 2.50 bits per heavy atom. The lowest BCUT2D eigenvalue weighted by Crippen LogP contribution is -2.13. The van der Waals surface area contributed by atoms with Crippen LogP contribution in [-0.4, -0.2) is 10.9 Å². The quantitative estimate of drug-likeness (QED) is 0.733. The third-order valence-corrected chi connectivity index (χ3v) is 3.71. The smallest absolute Gasteiger partial charge is 0.256 e. The lowest BCUT2D eigenvalue weighted by atomic mass is 10.1. The maximum atomic E-state index is 12.2.